The SMILES string of the molecule is O=C1NCC(c2ccccc2)C1C(=O)Nc1ccc(C(F)(F)F)cc1. The van der Waals surface area contributed by atoms with E-state index in [0.29, 0.717) is 6.54 Å². The van der Waals surface area contributed by atoms with E-state index in [1.165, 1.54) is 12.1 Å². The van der Waals surface area contributed by atoms with Crippen LogP contribution in [0.2, 0.25) is 0 Å². The molecule has 0 aromatic heterocycles. The fourth-order valence-corrected chi connectivity index (χ4v) is 2.90. The summed E-state index contributed by atoms with van der Waals surface area (Å²) in [5, 5.41) is 5.19. The molecule has 1 saturated heterocycles. The number of anilines is 1. The van der Waals surface area contributed by atoms with Gasteiger partial charge in [0, 0.05) is 18.2 Å². The van der Waals surface area contributed by atoms with E-state index in [4.69, 9.17) is 0 Å². The van der Waals surface area contributed by atoms with Gasteiger partial charge < -0.3 is 10.6 Å². The molecular formula is C18H15F3N2O2. The van der Waals surface area contributed by atoms with Crippen molar-refractivity contribution in [3.8, 4) is 0 Å². The largest absolute Gasteiger partial charge is 0.416 e. The van der Waals surface area contributed by atoms with Crippen molar-refractivity contribution < 1.29 is 22.8 Å². The molecule has 2 N–H and O–H groups in total. The summed E-state index contributed by atoms with van der Waals surface area (Å²) >= 11 is 0. The maximum absolute atomic E-state index is 12.6. The molecular weight excluding hydrogens is 333 g/mol. The molecule has 0 saturated carbocycles. The molecule has 0 radical (unpaired) electrons. The lowest BCUT2D eigenvalue weighted by Crippen LogP contribution is -2.32. The number of hydrogen-bond donors (Lipinski definition) is 2. The van der Waals surface area contributed by atoms with E-state index in [2.05, 4.69) is 10.6 Å². The quantitative estimate of drug-likeness (QED) is 0.837. The van der Waals surface area contributed by atoms with Crippen molar-refractivity contribution in [1.29, 1.82) is 0 Å². The molecule has 2 amide bonds. The molecule has 0 bridgehead atoms. The van der Waals surface area contributed by atoms with Crippen LogP contribution in [0.25, 0.3) is 0 Å². The van der Waals surface area contributed by atoms with Gasteiger partial charge in [-0.2, -0.15) is 13.2 Å². The standard InChI is InChI=1S/C18H15F3N2O2/c19-18(20,21)12-6-8-13(9-7-12)23-17(25)15-14(10-22-16(15)24)11-4-2-1-3-5-11/h1-9,14-15H,10H2,(H,22,24)(H,23,25). The van der Waals surface area contributed by atoms with E-state index >= 15 is 0 Å². The maximum Gasteiger partial charge on any atom is 0.416 e. The number of carbonyl (C=O) groups excluding carboxylic acids is 2. The van der Waals surface area contributed by atoms with Gasteiger partial charge in [0.1, 0.15) is 5.92 Å². The highest BCUT2D eigenvalue weighted by atomic mass is 19.4. The molecule has 2 atom stereocenters. The van der Waals surface area contributed by atoms with Crippen LogP contribution in [0.15, 0.2) is 54.6 Å². The smallest absolute Gasteiger partial charge is 0.355 e. The van der Waals surface area contributed by atoms with Gasteiger partial charge in [0.25, 0.3) is 0 Å². The summed E-state index contributed by atoms with van der Waals surface area (Å²) in [6, 6.07) is 13.3. The van der Waals surface area contributed by atoms with Gasteiger partial charge >= 0.3 is 6.18 Å². The summed E-state index contributed by atoms with van der Waals surface area (Å²) in [6.45, 7) is 0.341. The number of hydrogen-bond acceptors (Lipinski definition) is 2. The molecule has 7 heteroatoms. The molecule has 1 fully saturated rings. The minimum Gasteiger partial charge on any atom is -0.355 e. The fourth-order valence-electron chi connectivity index (χ4n) is 2.90. The molecule has 2 aromatic rings. The number of alkyl halides is 3. The first-order valence-corrected chi connectivity index (χ1v) is 7.67. The molecule has 0 aliphatic carbocycles. The van der Waals surface area contributed by atoms with Crippen LogP contribution in [-0.2, 0) is 15.8 Å². The van der Waals surface area contributed by atoms with Gasteiger partial charge in [0.05, 0.1) is 5.56 Å². The topological polar surface area (TPSA) is 58.2 Å². The second kappa shape index (κ2) is 6.58. The van der Waals surface area contributed by atoms with Crippen LogP contribution >= 0.6 is 0 Å². The first kappa shape index (κ1) is 17.0. The number of benzene rings is 2. The third kappa shape index (κ3) is 3.65. The molecule has 4 nitrogen and oxygen atoms in total. The van der Waals surface area contributed by atoms with Crippen LogP contribution in [0.4, 0.5) is 18.9 Å². The second-order valence-corrected chi connectivity index (χ2v) is 5.80. The molecule has 0 spiro atoms. The Hall–Kier alpha value is -2.83. The fraction of sp³-hybridized carbons (Fsp3) is 0.222. The minimum absolute atomic E-state index is 0.213. The van der Waals surface area contributed by atoms with Crippen LogP contribution in [-0.4, -0.2) is 18.4 Å². The summed E-state index contributed by atoms with van der Waals surface area (Å²) < 4.78 is 37.7. The normalized spacial score (nSPS) is 20.2. The first-order valence-electron chi connectivity index (χ1n) is 7.67. The zero-order chi connectivity index (χ0) is 18.0. The first-order chi connectivity index (χ1) is 11.9. The van der Waals surface area contributed by atoms with Crippen LogP contribution in [0.3, 0.4) is 0 Å². The zero-order valence-electron chi connectivity index (χ0n) is 13.0. The predicted octanol–water partition coefficient (Wildman–Crippen LogP) is 3.17. The van der Waals surface area contributed by atoms with Crippen LogP contribution < -0.4 is 10.6 Å². The zero-order valence-corrected chi connectivity index (χ0v) is 13.0. The van der Waals surface area contributed by atoms with E-state index in [9.17, 15) is 22.8 Å². The van der Waals surface area contributed by atoms with Gasteiger partial charge in [-0.15, -0.1) is 0 Å². The van der Waals surface area contributed by atoms with E-state index in [1.807, 2.05) is 30.3 Å². The number of amides is 2. The number of carbonyl (C=O) groups is 2. The molecule has 1 aliphatic heterocycles. The van der Waals surface area contributed by atoms with Gasteiger partial charge in [0.2, 0.25) is 11.8 Å². The van der Waals surface area contributed by atoms with Gasteiger partial charge in [-0.1, -0.05) is 30.3 Å². The summed E-state index contributed by atoms with van der Waals surface area (Å²) in [5.41, 5.74) is 0.268. The van der Waals surface area contributed by atoms with Crippen molar-refractivity contribution in [2.45, 2.75) is 12.1 Å². The van der Waals surface area contributed by atoms with E-state index < -0.39 is 29.5 Å². The van der Waals surface area contributed by atoms with Gasteiger partial charge in [-0.25, -0.2) is 0 Å². The van der Waals surface area contributed by atoms with Crippen LogP contribution in [0, 0.1) is 5.92 Å². The Morgan fingerprint density at radius 2 is 1.68 bits per heavy atom. The van der Waals surface area contributed by atoms with Gasteiger partial charge in [-0.3, -0.25) is 9.59 Å². The lowest BCUT2D eigenvalue weighted by Gasteiger charge is -2.17. The van der Waals surface area contributed by atoms with E-state index in [0.717, 1.165) is 17.7 Å². The van der Waals surface area contributed by atoms with Gasteiger partial charge in [0.15, 0.2) is 0 Å². The Morgan fingerprint density at radius 1 is 1.04 bits per heavy atom. The van der Waals surface area contributed by atoms with E-state index in [1.54, 1.807) is 0 Å². The average molecular weight is 348 g/mol. The summed E-state index contributed by atoms with van der Waals surface area (Å²) in [4.78, 5) is 24.6. The summed E-state index contributed by atoms with van der Waals surface area (Å²) in [6.07, 6.45) is -4.44. The molecule has 2 unspecified atom stereocenters. The third-order valence-electron chi connectivity index (χ3n) is 4.17. The summed E-state index contributed by atoms with van der Waals surface area (Å²) in [5.74, 6) is -2.17. The average Bonchev–Trinajstić information content (AvgIpc) is 2.97. The Labute approximate surface area is 142 Å². The number of nitrogens with one attached hydrogen (secondary N) is 2. The Bertz CT molecular complexity index is 773. The van der Waals surface area contributed by atoms with Crippen molar-refractivity contribution in [3.05, 3.63) is 65.7 Å². The molecule has 130 valence electrons. The molecule has 1 aliphatic rings. The van der Waals surface area contributed by atoms with Crippen molar-refractivity contribution in [2.75, 3.05) is 11.9 Å². The maximum atomic E-state index is 12.6. The molecule has 3 rings (SSSR count). The monoisotopic (exact) mass is 348 g/mol. The van der Waals surface area contributed by atoms with Crippen molar-refractivity contribution in [3.63, 3.8) is 0 Å². The molecule has 1 heterocycles. The van der Waals surface area contributed by atoms with Crippen molar-refractivity contribution in [1.82, 2.24) is 5.32 Å². The second-order valence-electron chi connectivity index (χ2n) is 5.80. The van der Waals surface area contributed by atoms with Crippen molar-refractivity contribution >= 4 is 17.5 Å². The Morgan fingerprint density at radius 3 is 2.28 bits per heavy atom. The molecule has 2 aromatic carbocycles. The Balaban J connectivity index is 1.76. The highest BCUT2D eigenvalue weighted by Gasteiger charge is 2.41. The lowest BCUT2D eigenvalue weighted by atomic mass is 9.88. The number of rotatable bonds is 3. The van der Waals surface area contributed by atoms with Crippen LogP contribution in [0.1, 0.15) is 17.0 Å². The summed E-state index contributed by atoms with van der Waals surface area (Å²) in [7, 11) is 0. The minimum atomic E-state index is -4.44. The van der Waals surface area contributed by atoms with E-state index in [-0.39, 0.29) is 11.6 Å². The Kier molecular flexibility index (Phi) is 4.48. The lowest BCUT2D eigenvalue weighted by molar-refractivity contribution is -0.137. The van der Waals surface area contributed by atoms with Gasteiger partial charge in [-0.05, 0) is 29.8 Å². The highest BCUT2D eigenvalue weighted by molar-refractivity contribution is 6.08. The number of halogens is 3. The highest BCUT2D eigenvalue weighted by Crippen LogP contribution is 2.32. The predicted molar refractivity (Wildman–Crippen MR) is 85.8 cm³/mol. The van der Waals surface area contributed by atoms with Crippen LogP contribution in [0.5, 0.6) is 0 Å². The molecule has 25 heavy (non-hydrogen) atoms. The third-order valence-corrected chi connectivity index (χ3v) is 4.17. The van der Waals surface area contributed by atoms with Crippen molar-refractivity contribution in [2.24, 2.45) is 5.92 Å².